The number of rotatable bonds is 5. The first-order valence-electron chi connectivity index (χ1n) is 9.14. The van der Waals surface area contributed by atoms with Gasteiger partial charge in [-0.05, 0) is 68.3 Å². The zero-order valence-electron chi connectivity index (χ0n) is 14.9. The summed E-state index contributed by atoms with van der Waals surface area (Å²) in [6, 6.07) is 15.8. The second-order valence-electron chi connectivity index (χ2n) is 6.66. The maximum Gasteiger partial charge on any atom is 0.146 e. The summed E-state index contributed by atoms with van der Waals surface area (Å²) >= 11 is 6.14. The van der Waals surface area contributed by atoms with Gasteiger partial charge < -0.3 is 4.74 Å². The Kier molecular flexibility index (Phi) is 6.55. The maximum absolute atomic E-state index is 6.14. The van der Waals surface area contributed by atoms with Gasteiger partial charge in [-0.25, -0.2) is 0 Å². The van der Waals surface area contributed by atoms with E-state index in [2.05, 4.69) is 30.0 Å². The van der Waals surface area contributed by atoms with E-state index in [1.165, 1.54) is 49.9 Å². The van der Waals surface area contributed by atoms with Crippen molar-refractivity contribution < 1.29 is 4.74 Å². The van der Waals surface area contributed by atoms with Gasteiger partial charge >= 0.3 is 0 Å². The first-order chi connectivity index (χ1) is 12.2. The predicted molar refractivity (Wildman–Crippen MR) is 107 cm³/mol. The van der Waals surface area contributed by atoms with Crippen molar-refractivity contribution in [2.45, 2.75) is 32.6 Å². The molecule has 2 nitrogen and oxygen atoms in total. The summed E-state index contributed by atoms with van der Waals surface area (Å²) in [6.07, 6.45) is 7.77. The zero-order valence-corrected chi connectivity index (χ0v) is 15.6. The molecule has 1 heterocycles. The van der Waals surface area contributed by atoms with Crippen LogP contribution in [0.1, 0.15) is 38.2 Å². The van der Waals surface area contributed by atoms with E-state index in [0.717, 1.165) is 12.3 Å². The molecular formula is C22H26ClNO. The van der Waals surface area contributed by atoms with Gasteiger partial charge in [0.05, 0.1) is 5.02 Å². The molecule has 1 aliphatic rings. The summed E-state index contributed by atoms with van der Waals surface area (Å²) in [5.74, 6) is 1.49. The average Bonchev–Trinajstić information content (AvgIpc) is 2.91. The molecule has 132 valence electrons. The van der Waals surface area contributed by atoms with Gasteiger partial charge in [0.2, 0.25) is 0 Å². The van der Waals surface area contributed by atoms with E-state index in [-0.39, 0.29) is 0 Å². The molecule has 3 heteroatoms. The highest BCUT2D eigenvalue weighted by molar-refractivity contribution is 6.32. The molecule has 2 aromatic carbocycles. The first-order valence-corrected chi connectivity index (χ1v) is 9.52. The summed E-state index contributed by atoms with van der Waals surface area (Å²) in [4.78, 5) is 2.56. The molecule has 3 rings (SSSR count). The molecule has 0 spiro atoms. The van der Waals surface area contributed by atoms with Crippen molar-refractivity contribution in [2.24, 2.45) is 0 Å². The molecule has 25 heavy (non-hydrogen) atoms. The van der Waals surface area contributed by atoms with Gasteiger partial charge in [0.1, 0.15) is 11.5 Å². The molecule has 0 radical (unpaired) electrons. The second kappa shape index (κ2) is 9.07. The molecule has 0 unspecified atom stereocenters. The predicted octanol–water partition coefficient (Wildman–Crippen LogP) is 6.41. The number of likely N-dealkylation sites (tertiary alicyclic amines) is 1. The van der Waals surface area contributed by atoms with Crippen LogP contribution in [0.4, 0.5) is 0 Å². The van der Waals surface area contributed by atoms with Crippen molar-refractivity contribution in [3.05, 3.63) is 65.2 Å². The fourth-order valence-electron chi connectivity index (χ4n) is 3.14. The molecule has 1 fully saturated rings. The Morgan fingerprint density at radius 3 is 2.36 bits per heavy atom. The molecule has 0 N–H and O–H groups in total. The molecule has 0 saturated carbocycles. The number of hydrogen-bond donors (Lipinski definition) is 0. The molecule has 0 aromatic heterocycles. The van der Waals surface area contributed by atoms with Gasteiger partial charge in [0, 0.05) is 6.54 Å². The lowest BCUT2D eigenvalue weighted by atomic mass is 10.1. The minimum Gasteiger partial charge on any atom is -0.456 e. The number of hydrogen-bond acceptors (Lipinski definition) is 2. The first kappa shape index (κ1) is 18.0. The van der Waals surface area contributed by atoms with E-state index in [0.29, 0.717) is 10.8 Å². The number of allylic oxidation sites excluding steroid dienone is 1. The third kappa shape index (κ3) is 5.35. The van der Waals surface area contributed by atoms with E-state index in [4.69, 9.17) is 16.3 Å². The van der Waals surface area contributed by atoms with E-state index in [1.54, 1.807) is 0 Å². The zero-order chi connectivity index (χ0) is 17.5. The Morgan fingerprint density at radius 1 is 1.00 bits per heavy atom. The van der Waals surface area contributed by atoms with Crippen LogP contribution in [0.2, 0.25) is 5.02 Å². The molecule has 0 amide bonds. The SMILES string of the molecule is CC(=CCN1CCCCCC1)c1ccc(Oc2ccccc2Cl)cc1. The summed E-state index contributed by atoms with van der Waals surface area (Å²) in [6.45, 7) is 5.69. The normalized spacial score (nSPS) is 16.5. The number of benzene rings is 2. The van der Waals surface area contributed by atoms with Crippen LogP contribution in [0.15, 0.2) is 54.6 Å². The summed E-state index contributed by atoms with van der Waals surface area (Å²) in [7, 11) is 0. The Bertz CT molecular complexity index is 700. The summed E-state index contributed by atoms with van der Waals surface area (Å²) < 4.78 is 5.85. The van der Waals surface area contributed by atoms with Crippen molar-refractivity contribution in [2.75, 3.05) is 19.6 Å². The Hall–Kier alpha value is -1.77. The van der Waals surface area contributed by atoms with Crippen molar-refractivity contribution in [1.29, 1.82) is 0 Å². The van der Waals surface area contributed by atoms with E-state index in [9.17, 15) is 0 Å². The third-order valence-electron chi connectivity index (χ3n) is 4.73. The molecule has 1 saturated heterocycles. The van der Waals surface area contributed by atoms with E-state index < -0.39 is 0 Å². The molecule has 0 atom stereocenters. The highest BCUT2D eigenvalue weighted by Crippen LogP contribution is 2.29. The van der Waals surface area contributed by atoms with Crippen LogP contribution in [0, 0.1) is 0 Å². The van der Waals surface area contributed by atoms with Crippen molar-refractivity contribution in [3.63, 3.8) is 0 Å². The topological polar surface area (TPSA) is 12.5 Å². The van der Waals surface area contributed by atoms with Crippen LogP contribution < -0.4 is 4.74 Å². The lowest BCUT2D eigenvalue weighted by Crippen LogP contribution is -2.24. The average molecular weight is 356 g/mol. The Labute approximate surface area is 156 Å². The number of para-hydroxylation sites is 1. The smallest absolute Gasteiger partial charge is 0.146 e. The van der Waals surface area contributed by atoms with E-state index >= 15 is 0 Å². The van der Waals surface area contributed by atoms with Gasteiger partial charge in [-0.2, -0.15) is 0 Å². The Morgan fingerprint density at radius 2 is 1.68 bits per heavy atom. The maximum atomic E-state index is 6.14. The quantitative estimate of drug-likeness (QED) is 0.614. The largest absolute Gasteiger partial charge is 0.456 e. The van der Waals surface area contributed by atoms with Gasteiger partial charge in [-0.15, -0.1) is 0 Å². The van der Waals surface area contributed by atoms with Crippen molar-refractivity contribution >= 4 is 17.2 Å². The van der Waals surface area contributed by atoms with Crippen LogP contribution in [0.25, 0.3) is 5.57 Å². The minimum absolute atomic E-state index is 0.625. The van der Waals surface area contributed by atoms with Gasteiger partial charge in [0.25, 0.3) is 0 Å². The molecular weight excluding hydrogens is 330 g/mol. The minimum atomic E-state index is 0.625. The van der Waals surface area contributed by atoms with Gasteiger partial charge in [0.15, 0.2) is 0 Å². The number of halogens is 1. The molecule has 2 aromatic rings. The highest BCUT2D eigenvalue weighted by atomic mass is 35.5. The standard InChI is InChI=1S/C22H26ClNO/c1-18(14-17-24-15-6-2-3-7-16-24)19-10-12-20(13-11-19)25-22-9-5-4-8-21(22)23/h4-5,8-14H,2-3,6-7,15-17H2,1H3. The van der Waals surface area contributed by atoms with Gasteiger partial charge in [-0.1, -0.05) is 54.8 Å². The third-order valence-corrected chi connectivity index (χ3v) is 5.04. The fraction of sp³-hybridized carbons (Fsp3) is 0.364. The second-order valence-corrected chi connectivity index (χ2v) is 7.07. The van der Waals surface area contributed by atoms with Crippen LogP contribution >= 0.6 is 11.6 Å². The fourth-order valence-corrected chi connectivity index (χ4v) is 3.32. The molecule has 0 bridgehead atoms. The van der Waals surface area contributed by atoms with Crippen LogP contribution in [-0.4, -0.2) is 24.5 Å². The van der Waals surface area contributed by atoms with Crippen LogP contribution in [0.5, 0.6) is 11.5 Å². The van der Waals surface area contributed by atoms with Crippen LogP contribution in [0.3, 0.4) is 0 Å². The molecule has 0 aliphatic carbocycles. The lowest BCUT2D eigenvalue weighted by Gasteiger charge is -2.18. The van der Waals surface area contributed by atoms with Crippen molar-refractivity contribution in [1.82, 2.24) is 4.90 Å². The number of nitrogens with zero attached hydrogens (tertiary/aromatic N) is 1. The van der Waals surface area contributed by atoms with E-state index in [1.807, 2.05) is 36.4 Å². The highest BCUT2D eigenvalue weighted by Gasteiger charge is 2.08. The molecule has 1 aliphatic heterocycles. The Balaban J connectivity index is 1.61. The van der Waals surface area contributed by atoms with Crippen molar-refractivity contribution in [3.8, 4) is 11.5 Å². The number of ether oxygens (including phenoxy) is 1. The monoisotopic (exact) mass is 355 g/mol. The summed E-state index contributed by atoms with van der Waals surface area (Å²) in [5.41, 5.74) is 2.55. The summed E-state index contributed by atoms with van der Waals surface area (Å²) in [5, 5.41) is 0.625. The lowest BCUT2D eigenvalue weighted by molar-refractivity contribution is 0.316. The van der Waals surface area contributed by atoms with Gasteiger partial charge in [-0.3, -0.25) is 4.90 Å². The van der Waals surface area contributed by atoms with Crippen LogP contribution in [-0.2, 0) is 0 Å².